The third kappa shape index (κ3) is 5.12. The van der Waals surface area contributed by atoms with Crippen LogP contribution in [-0.2, 0) is 6.54 Å². The predicted octanol–water partition coefficient (Wildman–Crippen LogP) is 1.01. The van der Waals surface area contributed by atoms with Crippen LogP contribution in [0, 0.1) is 6.92 Å². The fourth-order valence-corrected chi connectivity index (χ4v) is 3.91. The molecule has 0 bridgehead atoms. The molecule has 0 atom stereocenters. The maximum absolute atomic E-state index is 5.67. The summed E-state index contributed by atoms with van der Waals surface area (Å²) in [6.07, 6.45) is 4.54. The molecule has 2 aromatic rings. The van der Waals surface area contributed by atoms with E-state index >= 15 is 0 Å². The van der Waals surface area contributed by atoms with Gasteiger partial charge in [0.2, 0.25) is 0 Å². The van der Waals surface area contributed by atoms with Gasteiger partial charge in [-0.1, -0.05) is 36.4 Å². The maximum atomic E-state index is 5.67. The van der Waals surface area contributed by atoms with Gasteiger partial charge in [-0.2, -0.15) is 0 Å². The molecule has 0 aliphatic carbocycles. The Hall–Kier alpha value is -2.30. The summed E-state index contributed by atoms with van der Waals surface area (Å²) in [5, 5.41) is 0. The molecular weight excluding hydrogens is 336 g/mol. The van der Waals surface area contributed by atoms with Gasteiger partial charge in [-0.05, 0) is 30.7 Å². The summed E-state index contributed by atoms with van der Waals surface area (Å²) in [5.74, 6) is 1.87. The number of rotatable bonds is 7. The van der Waals surface area contributed by atoms with Crippen LogP contribution in [0.1, 0.15) is 16.7 Å². The van der Waals surface area contributed by atoms with Gasteiger partial charge in [0.1, 0.15) is 44.2 Å². The SMILES string of the molecule is COc1ccc(C[NH+]2CC[NH+](C/C=C/c3ccccc3)CC2)c(OC)c1C. The highest BCUT2D eigenvalue weighted by molar-refractivity contribution is 5.49. The highest BCUT2D eigenvalue weighted by atomic mass is 16.5. The van der Waals surface area contributed by atoms with Crippen molar-refractivity contribution in [2.24, 2.45) is 0 Å². The molecule has 4 nitrogen and oxygen atoms in total. The largest absolute Gasteiger partial charge is 0.496 e. The van der Waals surface area contributed by atoms with Crippen molar-refractivity contribution in [2.45, 2.75) is 13.5 Å². The summed E-state index contributed by atoms with van der Waals surface area (Å²) < 4.78 is 11.1. The second kappa shape index (κ2) is 9.58. The molecule has 0 unspecified atom stereocenters. The lowest BCUT2D eigenvalue weighted by Gasteiger charge is -2.29. The Morgan fingerprint density at radius 3 is 2.26 bits per heavy atom. The molecule has 1 saturated heterocycles. The van der Waals surface area contributed by atoms with Crippen molar-refractivity contribution in [3.63, 3.8) is 0 Å². The number of methoxy groups -OCH3 is 2. The predicted molar refractivity (Wildman–Crippen MR) is 110 cm³/mol. The molecular formula is C23H32N2O2+2. The average molecular weight is 369 g/mol. The molecule has 0 aromatic heterocycles. The number of nitrogens with one attached hydrogen (secondary N) is 2. The summed E-state index contributed by atoms with van der Waals surface area (Å²) in [4.78, 5) is 3.30. The first-order valence-corrected chi connectivity index (χ1v) is 9.80. The second-order valence-corrected chi connectivity index (χ2v) is 7.28. The van der Waals surface area contributed by atoms with Crippen LogP contribution in [0.15, 0.2) is 48.5 Å². The van der Waals surface area contributed by atoms with Gasteiger partial charge < -0.3 is 19.3 Å². The van der Waals surface area contributed by atoms with Crippen molar-refractivity contribution in [3.05, 3.63) is 65.2 Å². The first kappa shape index (κ1) is 19.5. The molecule has 1 aliphatic heterocycles. The second-order valence-electron chi connectivity index (χ2n) is 7.28. The zero-order valence-electron chi connectivity index (χ0n) is 16.8. The van der Waals surface area contributed by atoms with Crippen LogP contribution >= 0.6 is 0 Å². The van der Waals surface area contributed by atoms with E-state index in [1.807, 2.05) is 0 Å². The Morgan fingerprint density at radius 2 is 1.59 bits per heavy atom. The molecule has 1 heterocycles. The van der Waals surface area contributed by atoms with Gasteiger partial charge in [-0.25, -0.2) is 0 Å². The summed E-state index contributed by atoms with van der Waals surface area (Å²) in [7, 11) is 3.46. The average Bonchev–Trinajstić information content (AvgIpc) is 2.70. The van der Waals surface area contributed by atoms with Gasteiger partial charge in [0.05, 0.1) is 20.8 Å². The van der Waals surface area contributed by atoms with Crippen LogP contribution in [0.5, 0.6) is 11.5 Å². The normalized spacial score (nSPS) is 20.0. The third-order valence-corrected chi connectivity index (χ3v) is 5.48. The van der Waals surface area contributed by atoms with E-state index in [1.165, 1.54) is 37.3 Å². The number of quaternary nitrogens is 2. The third-order valence-electron chi connectivity index (χ3n) is 5.48. The minimum Gasteiger partial charge on any atom is -0.496 e. The number of ether oxygens (including phenoxy) is 2. The Labute approximate surface area is 163 Å². The van der Waals surface area contributed by atoms with E-state index in [1.54, 1.807) is 24.0 Å². The summed E-state index contributed by atoms with van der Waals surface area (Å²) in [6, 6.07) is 14.7. The number of hydrogen-bond acceptors (Lipinski definition) is 2. The first-order valence-electron chi connectivity index (χ1n) is 9.80. The number of benzene rings is 2. The first-order chi connectivity index (χ1) is 13.2. The topological polar surface area (TPSA) is 27.3 Å². The Kier molecular flexibility index (Phi) is 6.91. The van der Waals surface area contributed by atoms with Crippen molar-refractivity contribution in [3.8, 4) is 11.5 Å². The summed E-state index contributed by atoms with van der Waals surface area (Å²) in [5.41, 5.74) is 3.65. The summed E-state index contributed by atoms with van der Waals surface area (Å²) in [6.45, 7) is 9.01. The zero-order valence-corrected chi connectivity index (χ0v) is 16.8. The number of piperazine rings is 1. The van der Waals surface area contributed by atoms with Crippen LogP contribution in [0.2, 0.25) is 0 Å². The van der Waals surface area contributed by atoms with Gasteiger partial charge in [-0.15, -0.1) is 0 Å². The molecule has 0 saturated carbocycles. The van der Waals surface area contributed by atoms with Gasteiger partial charge >= 0.3 is 0 Å². The molecule has 1 fully saturated rings. The smallest absolute Gasteiger partial charge is 0.134 e. The van der Waals surface area contributed by atoms with E-state index in [2.05, 4.69) is 61.5 Å². The molecule has 0 amide bonds. The monoisotopic (exact) mass is 368 g/mol. The lowest BCUT2D eigenvalue weighted by atomic mass is 10.1. The van der Waals surface area contributed by atoms with Gasteiger partial charge in [-0.3, -0.25) is 0 Å². The van der Waals surface area contributed by atoms with E-state index in [-0.39, 0.29) is 0 Å². The van der Waals surface area contributed by atoms with Gasteiger partial charge in [0, 0.05) is 11.1 Å². The fourth-order valence-electron chi connectivity index (χ4n) is 3.91. The Balaban J connectivity index is 1.51. The van der Waals surface area contributed by atoms with E-state index in [9.17, 15) is 0 Å². The van der Waals surface area contributed by atoms with Crippen LogP contribution < -0.4 is 19.3 Å². The lowest BCUT2D eigenvalue weighted by molar-refractivity contribution is -1.02. The number of hydrogen-bond donors (Lipinski definition) is 2. The van der Waals surface area contributed by atoms with Crippen molar-refractivity contribution in [1.29, 1.82) is 0 Å². The highest BCUT2D eigenvalue weighted by Crippen LogP contribution is 2.30. The van der Waals surface area contributed by atoms with Crippen LogP contribution in [0.3, 0.4) is 0 Å². The highest BCUT2D eigenvalue weighted by Gasteiger charge is 2.24. The van der Waals surface area contributed by atoms with E-state index in [0.717, 1.165) is 30.2 Å². The fraction of sp³-hybridized carbons (Fsp3) is 0.391. The zero-order chi connectivity index (χ0) is 19.1. The molecule has 144 valence electrons. The maximum Gasteiger partial charge on any atom is 0.134 e. The molecule has 27 heavy (non-hydrogen) atoms. The Bertz CT molecular complexity index is 750. The minimum absolute atomic E-state index is 0.894. The van der Waals surface area contributed by atoms with Gasteiger partial charge in [0.15, 0.2) is 0 Å². The quantitative estimate of drug-likeness (QED) is 0.763. The van der Waals surface area contributed by atoms with E-state index in [4.69, 9.17) is 9.47 Å². The standard InChI is InChI=1S/C23H30N2O2/c1-19-22(26-2)12-11-21(23(19)27-3)18-25-16-14-24(15-17-25)13-7-10-20-8-5-4-6-9-20/h4-12H,13-18H2,1-3H3/p+2/b10-7+. The van der Waals surface area contributed by atoms with E-state index < -0.39 is 0 Å². The van der Waals surface area contributed by atoms with Crippen molar-refractivity contribution in [2.75, 3.05) is 46.9 Å². The molecule has 2 aromatic carbocycles. The lowest BCUT2D eigenvalue weighted by Crippen LogP contribution is -3.27. The van der Waals surface area contributed by atoms with Crippen LogP contribution in [0.4, 0.5) is 0 Å². The molecule has 0 radical (unpaired) electrons. The van der Waals surface area contributed by atoms with Crippen molar-refractivity contribution < 1.29 is 19.3 Å². The molecule has 0 spiro atoms. The molecule has 2 N–H and O–H groups in total. The Morgan fingerprint density at radius 1 is 0.889 bits per heavy atom. The van der Waals surface area contributed by atoms with Crippen molar-refractivity contribution in [1.82, 2.24) is 0 Å². The van der Waals surface area contributed by atoms with Gasteiger partial charge in [0.25, 0.3) is 0 Å². The molecule has 4 heteroatoms. The molecule has 3 rings (SSSR count). The molecule has 1 aliphatic rings. The summed E-state index contributed by atoms with van der Waals surface area (Å²) >= 11 is 0. The van der Waals surface area contributed by atoms with Crippen LogP contribution in [0.25, 0.3) is 6.08 Å². The van der Waals surface area contributed by atoms with Crippen molar-refractivity contribution >= 4 is 6.08 Å². The van der Waals surface area contributed by atoms with Crippen LogP contribution in [-0.4, -0.2) is 46.9 Å². The minimum atomic E-state index is 0.894. The van der Waals surface area contributed by atoms with E-state index in [0.29, 0.717) is 0 Å².